The Morgan fingerprint density at radius 2 is 1.30 bits per heavy atom. The van der Waals surface area contributed by atoms with Crippen molar-refractivity contribution in [1.82, 2.24) is 0 Å². The molecule has 1 saturated heterocycles. The van der Waals surface area contributed by atoms with Crippen molar-refractivity contribution in [3.05, 3.63) is 127 Å². The molecule has 0 N–H and O–H groups in total. The summed E-state index contributed by atoms with van der Waals surface area (Å²) in [7, 11) is -2.62. The van der Waals surface area contributed by atoms with E-state index in [-0.39, 0.29) is 23.4 Å². The first-order valence-corrected chi connectivity index (χ1v) is 19.8. The third kappa shape index (κ3) is 8.01. The fourth-order valence-electron chi connectivity index (χ4n) is 6.64. The Morgan fingerprint density at radius 3 is 1.84 bits per heavy atom. The van der Waals surface area contributed by atoms with Gasteiger partial charge < -0.3 is 0 Å². The molecule has 0 spiro atoms. The summed E-state index contributed by atoms with van der Waals surface area (Å²) >= 11 is 0.330. The molecule has 1 fully saturated rings. The van der Waals surface area contributed by atoms with Crippen LogP contribution in [-0.4, -0.2) is 48.2 Å². The molecule has 0 bridgehead atoms. The molecule has 0 radical (unpaired) electrons. The zero-order chi connectivity index (χ0) is 31.0. The molecule has 0 unspecified atom stereocenters. The molecule has 1 aliphatic rings. The third-order valence-electron chi connectivity index (χ3n) is 8.68. The average Bonchev–Trinajstić information content (AvgIpc) is 3.42. The predicted molar refractivity (Wildman–Crippen MR) is 187 cm³/mol. The van der Waals surface area contributed by atoms with Crippen molar-refractivity contribution in [2.75, 3.05) is 6.61 Å². The number of hydrogen-bond acceptors (Lipinski definition) is 3. The predicted octanol–water partition coefficient (Wildman–Crippen LogP) is 7.17. The zero-order valence-electron chi connectivity index (χ0n) is 26.9. The Kier molecular flexibility index (Phi) is 11.3. The van der Waals surface area contributed by atoms with Crippen LogP contribution in [-0.2, 0) is 20.5 Å². The molecular formula is C39H48O3SeSi. The van der Waals surface area contributed by atoms with Gasteiger partial charge in [0.15, 0.2) is 0 Å². The summed E-state index contributed by atoms with van der Waals surface area (Å²) in [6.45, 7) is 13.0. The van der Waals surface area contributed by atoms with Crippen LogP contribution in [0.25, 0.3) is 0 Å². The summed E-state index contributed by atoms with van der Waals surface area (Å²) < 4.78 is 22.1. The Morgan fingerprint density at radius 1 is 0.773 bits per heavy atom. The Labute approximate surface area is 272 Å². The van der Waals surface area contributed by atoms with Crippen LogP contribution < -0.4 is 14.8 Å². The Balaban J connectivity index is 1.33. The first-order chi connectivity index (χ1) is 21.3. The van der Waals surface area contributed by atoms with Gasteiger partial charge in [0.05, 0.1) is 0 Å². The number of benzene rings is 4. The first kappa shape index (κ1) is 32.9. The summed E-state index contributed by atoms with van der Waals surface area (Å²) in [5.41, 5.74) is 1.21. The van der Waals surface area contributed by atoms with Crippen molar-refractivity contribution in [3.8, 4) is 0 Å². The van der Waals surface area contributed by atoms with Gasteiger partial charge in [-0.05, 0) is 0 Å². The number of rotatable bonds is 13. The molecule has 4 aromatic carbocycles. The Hall–Kier alpha value is -2.50. The van der Waals surface area contributed by atoms with E-state index in [4.69, 9.17) is 13.9 Å². The van der Waals surface area contributed by atoms with Crippen LogP contribution in [0.5, 0.6) is 0 Å². The van der Waals surface area contributed by atoms with Crippen molar-refractivity contribution < 1.29 is 13.9 Å². The molecule has 3 nitrogen and oxygen atoms in total. The number of ether oxygens (including phenoxy) is 2. The van der Waals surface area contributed by atoms with Crippen LogP contribution in [0, 0.1) is 5.92 Å². The normalized spacial score (nSPS) is 20.3. The van der Waals surface area contributed by atoms with Gasteiger partial charge in [0.2, 0.25) is 0 Å². The van der Waals surface area contributed by atoms with E-state index in [1.807, 2.05) is 6.07 Å². The topological polar surface area (TPSA) is 27.7 Å². The molecule has 5 rings (SSSR count). The molecule has 4 aromatic rings. The van der Waals surface area contributed by atoms with E-state index in [0.29, 0.717) is 38.9 Å². The van der Waals surface area contributed by atoms with Gasteiger partial charge in [-0.1, -0.05) is 0 Å². The van der Waals surface area contributed by atoms with Crippen LogP contribution in [0.4, 0.5) is 0 Å². The zero-order valence-corrected chi connectivity index (χ0v) is 29.6. The minimum absolute atomic E-state index is 0.0490. The standard InChI is InChI=1S/C39H48O3SeSi/c1-30(28-40-29-32-18-10-6-11-19-32)38-37(43-34-20-12-7-13-21-34)27-33(41-38)26-31(2)42-44(39(3,4)5,35-22-14-8-15-23-35)36-24-16-9-17-25-36/h6-25,30-31,33,37-38H,26-29H2,1-5H3/t30-,31-,33+,37-,38-/m0/s1. The molecule has 5 atom stereocenters. The summed E-state index contributed by atoms with van der Waals surface area (Å²) in [5, 5.41) is 2.60. The van der Waals surface area contributed by atoms with Crippen molar-refractivity contribution in [1.29, 1.82) is 0 Å². The van der Waals surface area contributed by atoms with Gasteiger partial charge >= 0.3 is 274 Å². The molecule has 5 heteroatoms. The monoisotopic (exact) mass is 672 g/mol. The maximum absolute atomic E-state index is 7.44. The Bertz CT molecular complexity index is 1360. The van der Waals surface area contributed by atoms with Crippen LogP contribution in [0.15, 0.2) is 121 Å². The van der Waals surface area contributed by atoms with E-state index in [1.54, 1.807) is 0 Å². The van der Waals surface area contributed by atoms with Gasteiger partial charge in [0.1, 0.15) is 0 Å². The summed E-state index contributed by atoms with van der Waals surface area (Å²) in [4.78, 5) is 0.505. The average molecular weight is 672 g/mol. The fourth-order valence-corrected chi connectivity index (χ4v) is 14.4. The van der Waals surface area contributed by atoms with E-state index >= 15 is 0 Å². The summed E-state index contributed by atoms with van der Waals surface area (Å²) in [6, 6.07) is 43.3. The van der Waals surface area contributed by atoms with Gasteiger partial charge in [-0.15, -0.1) is 0 Å². The van der Waals surface area contributed by atoms with Gasteiger partial charge in [-0.2, -0.15) is 0 Å². The van der Waals surface area contributed by atoms with Crippen LogP contribution in [0.3, 0.4) is 0 Å². The van der Waals surface area contributed by atoms with Crippen LogP contribution in [0.2, 0.25) is 9.85 Å². The quantitative estimate of drug-likeness (QED) is 0.141. The van der Waals surface area contributed by atoms with Gasteiger partial charge in [-0.25, -0.2) is 0 Å². The van der Waals surface area contributed by atoms with Gasteiger partial charge in [0.25, 0.3) is 0 Å². The molecule has 232 valence electrons. The van der Waals surface area contributed by atoms with Crippen molar-refractivity contribution in [3.63, 3.8) is 0 Å². The molecule has 0 aromatic heterocycles. The van der Waals surface area contributed by atoms with Gasteiger partial charge in [-0.3, -0.25) is 0 Å². The second kappa shape index (κ2) is 15.2. The van der Waals surface area contributed by atoms with E-state index in [9.17, 15) is 0 Å². The van der Waals surface area contributed by atoms with E-state index in [2.05, 4.69) is 150 Å². The van der Waals surface area contributed by atoms with Crippen LogP contribution >= 0.6 is 0 Å². The van der Waals surface area contributed by atoms with E-state index in [1.165, 1.54) is 20.4 Å². The van der Waals surface area contributed by atoms with Crippen LogP contribution in [0.1, 0.15) is 53.0 Å². The fraction of sp³-hybridized carbons (Fsp3) is 0.385. The van der Waals surface area contributed by atoms with Crippen molar-refractivity contribution >= 4 is 38.1 Å². The molecular weight excluding hydrogens is 623 g/mol. The molecule has 0 saturated carbocycles. The molecule has 0 aliphatic carbocycles. The maximum atomic E-state index is 7.44. The molecule has 0 amide bonds. The molecule has 1 heterocycles. The van der Waals surface area contributed by atoms with E-state index in [0.717, 1.165) is 12.8 Å². The third-order valence-corrected chi connectivity index (χ3v) is 16.6. The van der Waals surface area contributed by atoms with Gasteiger partial charge in [0, 0.05) is 0 Å². The first-order valence-electron chi connectivity index (χ1n) is 16.0. The molecule has 1 aliphatic heterocycles. The van der Waals surface area contributed by atoms with E-state index < -0.39 is 8.32 Å². The second-order valence-corrected chi connectivity index (χ2v) is 20.2. The SMILES string of the molecule is C[C@@H](C[C@@H]1C[C@H]([Se]c2ccccc2)[C@H]([C@@H](C)COCc2ccccc2)O1)O[Si](c1ccccc1)(c1ccccc1)C(C)(C)C. The minimum atomic E-state index is -2.62. The molecule has 44 heavy (non-hydrogen) atoms. The number of hydrogen-bond donors (Lipinski definition) is 0. The van der Waals surface area contributed by atoms with Crippen molar-refractivity contribution in [2.24, 2.45) is 5.92 Å². The second-order valence-electron chi connectivity index (χ2n) is 13.2. The summed E-state index contributed by atoms with van der Waals surface area (Å²) in [5.74, 6) is 0.312. The van der Waals surface area contributed by atoms with Crippen molar-refractivity contribution in [2.45, 2.75) is 82.2 Å². The summed E-state index contributed by atoms with van der Waals surface area (Å²) in [6.07, 6.45) is 2.35.